The Morgan fingerprint density at radius 1 is 1.00 bits per heavy atom. The van der Waals surface area contributed by atoms with Crippen molar-refractivity contribution in [2.75, 3.05) is 18.9 Å². The highest BCUT2D eigenvalue weighted by Gasteiger charge is 2.18. The van der Waals surface area contributed by atoms with Gasteiger partial charge in [0.15, 0.2) is 6.29 Å². The SMILES string of the molecule is Nc1ccc(-c2cccc(C3OCCO3)c2)cc1F. The van der Waals surface area contributed by atoms with Crippen LogP contribution in [0.1, 0.15) is 11.9 Å². The van der Waals surface area contributed by atoms with Crippen LogP contribution >= 0.6 is 0 Å². The lowest BCUT2D eigenvalue weighted by Gasteiger charge is -2.11. The van der Waals surface area contributed by atoms with E-state index in [1.54, 1.807) is 12.1 Å². The molecule has 1 aliphatic rings. The van der Waals surface area contributed by atoms with Gasteiger partial charge in [-0.25, -0.2) is 4.39 Å². The van der Waals surface area contributed by atoms with Crippen LogP contribution in [0.2, 0.25) is 0 Å². The second-order valence-corrected chi connectivity index (χ2v) is 4.44. The lowest BCUT2D eigenvalue weighted by molar-refractivity contribution is -0.0440. The van der Waals surface area contributed by atoms with Crippen LogP contribution in [0.25, 0.3) is 11.1 Å². The van der Waals surface area contributed by atoms with Gasteiger partial charge in [-0.3, -0.25) is 0 Å². The fraction of sp³-hybridized carbons (Fsp3) is 0.200. The van der Waals surface area contributed by atoms with Gasteiger partial charge < -0.3 is 15.2 Å². The van der Waals surface area contributed by atoms with E-state index in [0.29, 0.717) is 13.2 Å². The van der Waals surface area contributed by atoms with Gasteiger partial charge in [0.05, 0.1) is 18.9 Å². The van der Waals surface area contributed by atoms with Crippen molar-refractivity contribution in [3.63, 3.8) is 0 Å². The van der Waals surface area contributed by atoms with E-state index in [-0.39, 0.29) is 12.0 Å². The summed E-state index contributed by atoms with van der Waals surface area (Å²) >= 11 is 0. The van der Waals surface area contributed by atoms with Gasteiger partial charge in [0.2, 0.25) is 0 Å². The topological polar surface area (TPSA) is 44.5 Å². The molecule has 0 atom stereocenters. The molecule has 1 aliphatic heterocycles. The van der Waals surface area contributed by atoms with Crippen LogP contribution in [0, 0.1) is 5.82 Å². The van der Waals surface area contributed by atoms with E-state index in [2.05, 4.69) is 0 Å². The summed E-state index contributed by atoms with van der Waals surface area (Å²) in [5.41, 5.74) is 8.27. The summed E-state index contributed by atoms with van der Waals surface area (Å²) in [6.45, 7) is 1.21. The molecule has 2 aromatic rings. The van der Waals surface area contributed by atoms with Crippen LogP contribution in [-0.2, 0) is 9.47 Å². The quantitative estimate of drug-likeness (QED) is 0.843. The fourth-order valence-corrected chi connectivity index (χ4v) is 2.12. The van der Waals surface area contributed by atoms with Crippen LogP contribution < -0.4 is 5.73 Å². The lowest BCUT2D eigenvalue weighted by Crippen LogP contribution is -1.98. The molecule has 3 nitrogen and oxygen atoms in total. The summed E-state index contributed by atoms with van der Waals surface area (Å²) in [5, 5.41) is 0. The molecule has 0 aliphatic carbocycles. The minimum absolute atomic E-state index is 0.155. The maximum Gasteiger partial charge on any atom is 0.184 e. The van der Waals surface area contributed by atoms with E-state index in [4.69, 9.17) is 15.2 Å². The Morgan fingerprint density at radius 3 is 2.47 bits per heavy atom. The molecule has 3 rings (SSSR count). The Labute approximate surface area is 110 Å². The first-order chi connectivity index (χ1) is 9.24. The summed E-state index contributed by atoms with van der Waals surface area (Å²) in [5.74, 6) is -0.406. The van der Waals surface area contributed by atoms with Crippen LogP contribution in [0.15, 0.2) is 42.5 Å². The third kappa shape index (κ3) is 2.45. The van der Waals surface area contributed by atoms with Gasteiger partial charge in [-0.15, -0.1) is 0 Å². The molecule has 0 spiro atoms. The van der Waals surface area contributed by atoms with Crippen molar-refractivity contribution in [1.82, 2.24) is 0 Å². The highest BCUT2D eigenvalue weighted by molar-refractivity contribution is 5.66. The van der Waals surface area contributed by atoms with E-state index < -0.39 is 5.82 Å². The monoisotopic (exact) mass is 259 g/mol. The number of hydrogen-bond donors (Lipinski definition) is 1. The molecule has 98 valence electrons. The first kappa shape index (κ1) is 12.1. The zero-order valence-corrected chi connectivity index (χ0v) is 10.3. The highest BCUT2D eigenvalue weighted by Crippen LogP contribution is 2.28. The van der Waals surface area contributed by atoms with Gasteiger partial charge >= 0.3 is 0 Å². The molecule has 0 radical (unpaired) electrons. The van der Waals surface area contributed by atoms with Gasteiger partial charge in [0.25, 0.3) is 0 Å². The number of nitrogen functional groups attached to an aromatic ring is 1. The number of anilines is 1. The Bertz CT molecular complexity index is 594. The molecule has 0 saturated carbocycles. The second-order valence-electron chi connectivity index (χ2n) is 4.44. The van der Waals surface area contributed by atoms with Crippen molar-refractivity contribution in [3.05, 3.63) is 53.8 Å². The summed E-state index contributed by atoms with van der Waals surface area (Å²) < 4.78 is 24.4. The number of hydrogen-bond acceptors (Lipinski definition) is 3. The third-order valence-electron chi connectivity index (χ3n) is 3.11. The van der Waals surface area contributed by atoms with Gasteiger partial charge in [0, 0.05) is 5.56 Å². The number of rotatable bonds is 2. The van der Waals surface area contributed by atoms with Crippen molar-refractivity contribution in [1.29, 1.82) is 0 Å². The number of benzene rings is 2. The molecule has 1 saturated heterocycles. The van der Waals surface area contributed by atoms with Crippen molar-refractivity contribution >= 4 is 5.69 Å². The maximum atomic E-state index is 13.5. The Hall–Kier alpha value is -1.91. The molecule has 0 bridgehead atoms. The minimum atomic E-state index is -0.406. The first-order valence-electron chi connectivity index (χ1n) is 6.12. The van der Waals surface area contributed by atoms with E-state index in [1.807, 2.05) is 24.3 Å². The highest BCUT2D eigenvalue weighted by atomic mass is 19.1. The molecule has 19 heavy (non-hydrogen) atoms. The van der Waals surface area contributed by atoms with E-state index in [9.17, 15) is 4.39 Å². The summed E-state index contributed by atoms with van der Waals surface area (Å²) in [7, 11) is 0. The van der Waals surface area contributed by atoms with Crippen molar-refractivity contribution in [2.45, 2.75) is 6.29 Å². The third-order valence-corrected chi connectivity index (χ3v) is 3.11. The maximum absolute atomic E-state index is 13.5. The number of nitrogens with two attached hydrogens (primary N) is 1. The van der Waals surface area contributed by atoms with Crippen LogP contribution in [0.3, 0.4) is 0 Å². The largest absolute Gasteiger partial charge is 0.396 e. The van der Waals surface area contributed by atoms with Gasteiger partial charge in [0.1, 0.15) is 5.82 Å². The molecular formula is C15H14FNO2. The summed E-state index contributed by atoms with van der Waals surface area (Å²) in [6.07, 6.45) is -0.321. The molecule has 1 fully saturated rings. The fourth-order valence-electron chi connectivity index (χ4n) is 2.12. The Morgan fingerprint density at radius 2 is 1.74 bits per heavy atom. The van der Waals surface area contributed by atoms with Crippen molar-refractivity contribution in [3.8, 4) is 11.1 Å². The van der Waals surface area contributed by atoms with E-state index in [0.717, 1.165) is 16.7 Å². The molecule has 0 unspecified atom stereocenters. The summed E-state index contributed by atoms with van der Waals surface area (Å²) in [6, 6.07) is 12.5. The zero-order chi connectivity index (χ0) is 13.2. The number of ether oxygens (including phenoxy) is 2. The second kappa shape index (κ2) is 4.99. The molecular weight excluding hydrogens is 245 g/mol. The molecule has 0 aromatic heterocycles. The minimum Gasteiger partial charge on any atom is -0.396 e. The van der Waals surface area contributed by atoms with Crippen LogP contribution in [0.5, 0.6) is 0 Å². The Kier molecular flexibility index (Phi) is 3.19. The van der Waals surface area contributed by atoms with Crippen LogP contribution in [-0.4, -0.2) is 13.2 Å². The van der Waals surface area contributed by atoms with Gasteiger partial charge in [-0.05, 0) is 29.3 Å². The normalized spacial score (nSPS) is 15.8. The zero-order valence-electron chi connectivity index (χ0n) is 10.3. The predicted octanol–water partition coefficient (Wildman–Crippen LogP) is 3.12. The molecule has 2 N–H and O–H groups in total. The predicted molar refractivity (Wildman–Crippen MR) is 70.9 cm³/mol. The van der Waals surface area contributed by atoms with Gasteiger partial charge in [-0.1, -0.05) is 24.3 Å². The standard InChI is InChI=1S/C15H14FNO2/c16-13-9-11(4-5-14(13)17)10-2-1-3-12(8-10)15-18-6-7-19-15/h1-5,8-9,15H,6-7,17H2. The number of halogens is 1. The van der Waals surface area contributed by atoms with Gasteiger partial charge in [-0.2, -0.15) is 0 Å². The molecule has 0 amide bonds. The van der Waals surface area contributed by atoms with E-state index in [1.165, 1.54) is 6.07 Å². The molecule has 1 heterocycles. The lowest BCUT2D eigenvalue weighted by atomic mass is 10.0. The van der Waals surface area contributed by atoms with E-state index >= 15 is 0 Å². The average Bonchev–Trinajstić information content (AvgIpc) is 2.96. The summed E-state index contributed by atoms with van der Waals surface area (Å²) in [4.78, 5) is 0. The van der Waals surface area contributed by atoms with Crippen LogP contribution in [0.4, 0.5) is 10.1 Å². The smallest absolute Gasteiger partial charge is 0.184 e. The first-order valence-corrected chi connectivity index (χ1v) is 6.12. The molecule has 4 heteroatoms. The Balaban J connectivity index is 1.95. The molecule has 2 aromatic carbocycles. The van der Waals surface area contributed by atoms with Crippen molar-refractivity contribution < 1.29 is 13.9 Å². The average molecular weight is 259 g/mol. The van der Waals surface area contributed by atoms with Crippen molar-refractivity contribution in [2.24, 2.45) is 0 Å².